The van der Waals surface area contributed by atoms with E-state index in [1.807, 2.05) is 12.2 Å². The molecule has 2 saturated heterocycles. The zero-order valence-electron chi connectivity index (χ0n) is 14.9. The number of hydrogen-bond acceptors (Lipinski definition) is 5. The maximum Gasteiger partial charge on any atom is 0.243 e. The number of benzene rings is 1. The predicted octanol–water partition coefficient (Wildman–Crippen LogP) is 1.21. The highest BCUT2D eigenvalue weighted by Gasteiger charge is 2.53. The molecule has 0 bridgehead atoms. The van der Waals surface area contributed by atoms with Crippen molar-refractivity contribution in [3.05, 3.63) is 42.0 Å². The molecule has 1 aliphatic carbocycles. The summed E-state index contributed by atoms with van der Waals surface area (Å²) in [4.78, 5) is 38.0. The van der Waals surface area contributed by atoms with Gasteiger partial charge in [-0.15, -0.1) is 0 Å². The molecule has 1 aromatic rings. The van der Waals surface area contributed by atoms with Crippen LogP contribution in [0.2, 0.25) is 0 Å². The van der Waals surface area contributed by atoms with E-state index in [-0.39, 0.29) is 47.4 Å². The van der Waals surface area contributed by atoms with Crippen molar-refractivity contribution in [1.29, 1.82) is 0 Å². The van der Waals surface area contributed by atoms with E-state index >= 15 is 0 Å². The maximum atomic E-state index is 12.8. The lowest BCUT2D eigenvalue weighted by atomic mass is 9.85. The second-order valence-corrected chi connectivity index (χ2v) is 9.20. The van der Waals surface area contributed by atoms with E-state index in [1.165, 1.54) is 34.3 Å². The number of imide groups is 1. The van der Waals surface area contributed by atoms with Gasteiger partial charge in [-0.2, -0.15) is 4.31 Å². The van der Waals surface area contributed by atoms with Gasteiger partial charge in [-0.25, -0.2) is 8.42 Å². The number of likely N-dealkylation sites (tertiary alicyclic amines) is 1. The number of nitrogens with zero attached hydrogens (tertiary/aromatic N) is 2. The summed E-state index contributed by atoms with van der Waals surface area (Å²) in [6.07, 6.45) is 4.99. The number of fused-ring (bicyclic) bond motifs is 1. The molecule has 27 heavy (non-hydrogen) atoms. The van der Waals surface area contributed by atoms with Crippen LogP contribution in [0.15, 0.2) is 41.3 Å². The Morgan fingerprint density at radius 3 is 2.19 bits per heavy atom. The summed E-state index contributed by atoms with van der Waals surface area (Å²) in [6.45, 7) is 1.57. The van der Waals surface area contributed by atoms with Crippen LogP contribution in [0.25, 0.3) is 0 Å². The number of sulfonamides is 1. The van der Waals surface area contributed by atoms with E-state index in [9.17, 15) is 22.8 Å². The third kappa shape index (κ3) is 2.83. The molecule has 4 rings (SSSR count). The second kappa shape index (κ2) is 6.38. The lowest BCUT2D eigenvalue weighted by molar-refractivity contribution is -0.145. The third-order valence-corrected chi connectivity index (χ3v) is 7.44. The summed E-state index contributed by atoms with van der Waals surface area (Å²) >= 11 is 0. The predicted molar refractivity (Wildman–Crippen MR) is 96.2 cm³/mol. The van der Waals surface area contributed by atoms with Crippen LogP contribution in [-0.4, -0.2) is 54.4 Å². The first-order valence-corrected chi connectivity index (χ1v) is 10.4. The van der Waals surface area contributed by atoms with Crippen LogP contribution in [0, 0.1) is 11.8 Å². The second-order valence-electron chi connectivity index (χ2n) is 7.26. The molecule has 2 unspecified atom stereocenters. The van der Waals surface area contributed by atoms with Crippen molar-refractivity contribution in [2.45, 2.75) is 30.7 Å². The number of Topliss-reactive ketones (excluding diaryl/α,β-unsaturated/α-hetero) is 1. The summed E-state index contributed by atoms with van der Waals surface area (Å²) in [5.74, 6) is -1.19. The first-order chi connectivity index (χ1) is 12.8. The number of rotatable bonds is 4. The Kier molecular flexibility index (Phi) is 4.27. The fraction of sp³-hybridized carbons (Fsp3) is 0.421. The monoisotopic (exact) mass is 388 g/mol. The minimum atomic E-state index is -3.76. The average molecular weight is 388 g/mol. The van der Waals surface area contributed by atoms with Crippen molar-refractivity contribution in [3.63, 3.8) is 0 Å². The summed E-state index contributed by atoms with van der Waals surface area (Å²) in [7, 11) is -3.76. The number of allylic oxidation sites excluding steroid dienone is 2. The van der Waals surface area contributed by atoms with Gasteiger partial charge in [0.25, 0.3) is 0 Å². The Hall–Kier alpha value is -2.32. The van der Waals surface area contributed by atoms with Crippen molar-refractivity contribution in [2.75, 3.05) is 13.1 Å². The fourth-order valence-electron chi connectivity index (χ4n) is 3.99. The van der Waals surface area contributed by atoms with E-state index in [2.05, 4.69) is 0 Å². The number of hydrogen-bond donors (Lipinski definition) is 0. The van der Waals surface area contributed by atoms with Gasteiger partial charge in [0.15, 0.2) is 5.78 Å². The Bertz CT molecular complexity index is 936. The number of carbonyl (C=O) groups excluding carboxylic acids is 3. The zero-order chi connectivity index (χ0) is 19.3. The Morgan fingerprint density at radius 2 is 1.63 bits per heavy atom. The molecular weight excluding hydrogens is 368 g/mol. The molecule has 2 fully saturated rings. The summed E-state index contributed by atoms with van der Waals surface area (Å²) in [5.41, 5.74) is 0.328. The standard InChI is InChI=1S/C19H20N2O5S/c1-12(22)13-5-4-6-15(9-13)27(25,26)20-10-14(11-20)21-18(23)16-7-2-3-8-17(16)19(21)24/h2-6,9,14,16-17H,7-8,10-11H2,1H3. The zero-order valence-corrected chi connectivity index (χ0v) is 15.7. The summed E-state index contributed by atoms with van der Waals surface area (Å²) in [5, 5.41) is 0. The van der Waals surface area contributed by atoms with E-state index in [0.717, 1.165) is 0 Å². The minimum Gasteiger partial charge on any atom is -0.295 e. The van der Waals surface area contributed by atoms with Crippen LogP contribution >= 0.6 is 0 Å². The number of ketones is 1. The van der Waals surface area contributed by atoms with Gasteiger partial charge in [-0.1, -0.05) is 24.3 Å². The topological polar surface area (TPSA) is 91.8 Å². The quantitative estimate of drug-likeness (QED) is 0.439. The average Bonchev–Trinajstić information content (AvgIpc) is 2.86. The smallest absolute Gasteiger partial charge is 0.243 e. The molecule has 0 saturated carbocycles. The molecule has 1 aromatic carbocycles. The van der Waals surface area contributed by atoms with E-state index in [0.29, 0.717) is 18.4 Å². The first kappa shape index (κ1) is 18.1. The van der Waals surface area contributed by atoms with Gasteiger partial charge < -0.3 is 0 Å². The highest BCUT2D eigenvalue weighted by atomic mass is 32.2. The van der Waals surface area contributed by atoms with Gasteiger partial charge in [0.2, 0.25) is 21.8 Å². The van der Waals surface area contributed by atoms with Crippen molar-refractivity contribution in [1.82, 2.24) is 9.21 Å². The molecule has 3 aliphatic rings. The lowest BCUT2D eigenvalue weighted by Crippen LogP contribution is -2.62. The molecular formula is C19H20N2O5S. The molecule has 2 atom stereocenters. The largest absolute Gasteiger partial charge is 0.295 e. The molecule has 142 valence electrons. The van der Waals surface area contributed by atoms with Gasteiger partial charge in [-0.3, -0.25) is 19.3 Å². The van der Waals surface area contributed by atoms with Gasteiger partial charge in [0.05, 0.1) is 22.8 Å². The van der Waals surface area contributed by atoms with Crippen LogP contribution < -0.4 is 0 Å². The lowest BCUT2D eigenvalue weighted by Gasteiger charge is -2.42. The molecule has 2 heterocycles. The maximum absolute atomic E-state index is 12.8. The molecule has 2 amide bonds. The molecule has 0 N–H and O–H groups in total. The molecule has 7 nitrogen and oxygen atoms in total. The van der Waals surface area contributed by atoms with Crippen LogP contribution in [0.1, 0.15) is 30.1 Å². The third-order valence-electron chi connectivity index (χ3n) is 5.61. The van der Waals surface area contributed by atoms with E-state index in [4.69, 9.17) is 0 Å². The van der Waals surface area contributed by atoms with Crippen molar-refractivity contribution >= 4 is 27.6 Å². The van der Waals surface area contributed by atoms with Gasteiger partial charge >= 0.3 is 0 Å². The normalized spacial score (nSPS) is 26.2. The highest BCUT2D eigenvalue weighted by molar-refractivity contribution is 7.89. The van der Waals surface area contributed by atoms with Crippen LogP contribution in [0.5, 0.6) is 0 Å². The molecule has 0 spiro atoms. The summed E-state index contributed by atoms with van der Waals surface area (Å²) < 4.78 is 26.8. The molecule has 8 heteroatoms. The molecule has 2 aliphatic heterocycles. The van der Waals surface area contributed by atoms with Crippen LogP contribution in [0.4, 0.5) is 0 Å². The number of carbonyl (C=O) groups is 3. The van der Waals surface area contributed by atoms with Gasteiger partial charge in [-0.05, 0) is 31.9 Å². The Morgan fingerprint density at radius 1 is 1.04 bits per heavy atom. The fourth-order valence-corrected chi connectivity index (χ4v) is 5.55. The molecule has 0 aromatic heterocycles. The van der Waals surface area contributed by atoms with Gasteiger partial charge in [0, 0.05) is 18.7 Å². The van der Waals surface area contributed by atoms with Gasteiger partial charge in [0.1, 0.15) is 0 Å². The highest BCUT2D eigenvalue weighted by Crippen LogP contribution is 2.38. The van der Waals surface area contributed by atoms with Crippen LogP contribution in [-0.2, 0) is 19.6 Å². The summed E-state index contributed by atoms with van der Waals surface area (Å²) in [6, 6.07) is 5.49. The Balaban J connectivity index is 1.49. The van der Waals surface area contributed by atoms with Crippen molar-refractivity contribution in [3.8, 4) is 0 Å². The Labute approximate surface area is 157 Å². The van der Waals surface area contributed by atoms with E-state index in [1.54, 1.807) is 6.07 Å². The van der Waals surface area contributed by atoms with Crippen molar-refractivity contribution < 1.29 is 22.8 Å². The van der Waals surface area contributed by atoms with Crippen LogP contribution in [0.3, 0.4) is 0 Å². The molecule has 0 radical (unpaired) electrons. The SMILES string of the molecule is CC(=O)c1cccc(S(=O)(=O)N2CC(N3C(=O)C4CC=CCC4C3=O)C2)c1. The van der Waals surface area contributed by atoms with Crippen molar-refractivity contribution in [2.24, 2.45) is 11.8 Å². The first-order valence-electron chi connectivity index (χ1n) is 8.94. The van der Waals surface area contributed by atoms with E-state index < -0.39 is 16.1 Å². The minimum absolute atomic E-state index is 0.0468. The number of amides is 2.